The standard InChI is InChI=1S/C29H41BF3N3/c1-9-11-15-36(35(10-2)20-22(4)14-12-13-21(3)19-31)29(7,8)23(5)16-24(6)34-25-17-26(32)28(30)27(33)18-25/h10,14,16-19,34H,2,6,9,11-13,15,20H2,1,3-5,7-8H3/b21-19+,22-14+,23-16+. The Morgan fingerprint density at radius 1 is 1.14 bits per heavy atom. The lowest BCUT2D eigenvalue weighted by molar-refractivity contribution is -0.0413. The summed E-state index contributed by atoms with van der Waals surface area (Å²) in [5.41, 5.74) is 2.71. The topological polar surface area (TPSA) is 18.5 Å². The van der Waals surface area contributed by atoms with E-state index < -0.39 is 22.6 Å². The Hall–Kier alpha value is -2.67. The van der Waals surface area contributed by atoms with Gasteiger partial charge in [-0.25, -0.2) is 18.2 Å². The zero-order valence-electron chi connectivity index (χ0n) is 22.7. The van der Waals surface area contributed by atoms with Crippen LogP contribution in [-0.4, -0.2) is 36.5 Å². The van der Waals surface area contributed by atoms with Gasteiger partial charge in [0.05, 0.1) is 18.4 Å². The second-order valence-corrected chi connectivity index (χ2v) is 9.69. The zero-order valence-corrected chi connectivity index (χ0v) is 22.7. The Morgan fingerprint density at radius 2 is 1.75 bits per heavy atom. The number of unbranched alkanes of at least 4 members (excludes halogenated alkanes) is 1. The molecular weight excluding hydrogens is 458 g/mol. The van der Waals surface area contributed by atoms with E-state index >= 15 is 0 Å². The quantitative estimate of drug-likeness (QED) is 0.117. The molecule has 0 aliphatic heterocycles. The molecule has 196 valence electrons. The van der Waals surface area contributed by atoms with Crippen molar-refractivity contribution in [3.63, 3.8) is 0 Å². The molecule has 1 aromatic carbocycles. The summed E-state index contributed by atoms with van der Waals surface area (Å²) in [7, 11) is 5.36. The monoisotopic (exact) mass is 499 g/mol. The van der Waals surface area contributed by atoms with Crippen molar-refractivity contribution in [1.29, 1.82) is 0 Å². The fourth-order valence-electron chi connectivity index (χ4n) is 3.73. The second kappa shape index (κ2) is 14.8. The molecule has 1 aromatic rings. The van der Waals surface area contributed by atoms with Crippen LogP contribution < -0.4 is 10.8 Å². The average Bonchev–Trinajstić information content (AvgIpc) is 2.81. The molecule has 0 amide bonds. The molecule has 1 rings (SSSR count). The number of halogens is 3. The lowest BCUT2D eigenvalue weighted by Crippen LogP contribution is -2.53. The van der Waals surface area contributed by atoms with Gasteiger partial charge in [0.2, 0.25) is 0 Å². The molecule has 1 N–H and O–H groups in total. The van der Waals surface area contributed by atoms with E-state index in [2.05, 4.69) is 62.3 Å². The summed E-state index contributed by atoms with van der Waals surface area (Å²) in [6.07, 6.45) is 9.98. The number of hydrogen-bond acceptors (Lipinski definition) is 3. The molecule has 36 heavy (non-hydrogen) atoms. The molecule has 0 saturated carbocycles. The predicted octanol–water partition coefficient (Wildman–Crippen LogP) is 7.47. The normalized spacial score (nSPS) is 13.2. The van der Waals surface area contributed by atoms with Crippen LogP contribution in [0.4, 0.5) is 18.9 Å². The van der Waals surface area contributed by atoms with E-state index in [0.717, 1.165) is 49.1 Å². The molecule has 3 nitrogen and oxygen atoms in total. The van der Waals surface area contributed by atoms with Gasteiger partial charge in [-0.1, -0.05) is 38.2 Å². The number of benzene rings is 1. The van der Waals surface area contributed by atoms with Crippen LogP contribution in [0.15, 0.2) is 72.4 Å². The van der Waals surface area contributed by atoms with Crippen LogP contribution in [0.1, 0.15) is 67.2 Å². The summed E-state index contributed by atoms with van der Waals surface area (Å²) in [5.74, 6) is -1.64. The molecular formula is C29H41BF3N3. The number of nitrogens with one attached hydrogen (secondary N) is 1. The van der Waals surface area contributed by atoms with Gasteiger partial charge in [-0.2, -0.15) is 0 Å². The van der Waals surface area contributed by atoms with Gasteiger partial charge >= 0.3 is 0 Å². The molecule has 0 fully saturated rings. The molecule has 0 aromatic heterocycles. The molecule has 2 radical (unpaired) electrons. The summed E-state index contributed by atoms with van der Waals surface area (Å²) in [4.78, 5) is 0. The molecule has 0 aliphatic carbocycles. The highest BCUT2D eigenvalue weighted by molar-refractivity contribution is 6.32. The lowest BCUT2D eigenvalue weighted by Gasteiger charge is -2.46. The van der Waals surface area contributed by atoms with Crippen molar-refractivity contribution in [3.8, 4) is 0 Å². The van der Waals surface area contributed by atoms with Gasteiger partial charge in [0.25, 0.3) is 0 Å². The third-order valence-electron chi connectivity index (χ3n) is 6.26. The lowest BCUT2D eigenvalue weighted by atomic mass is 9.92. The van der Waals surface area contributed by atoms with Gasteiger partial charge < -0.3 is 10.3 Å². The maximum absolute atomic E-state index is 13.8. The molecule has 0 heterocycles. The van der Waals surface area contributed by atoms with Gasteiger partial charge in [0.15, 0.2) is 0 Å². The van der Waals surface area contributed by atoms with Crippen LogP contribution in [0.3, 0.4) is 0 Å². The van der Waals surface area contributed by atoms with Gasteiger partial charge in [0, 0.05) is 24.1 Å². The molecule has 0 atom stereocenters. The molecule has 0 aliphatic rings. The minimum absolute atomic E-state index is 0.236. The predicted molar refractivity (Wildman–Crippen MR) is 149 cm³/mol. The van der Waals surface area contributed by atoms with E-state index in [4.69, 9.17) is 7.85 Å². The first-order chi connectivity index (χ1) is 16.9. The number of allylic oxidation sites excluding steroid dienone is 3. The number of hydrazine groups is 1. The van der Waals surface area contributed by atoms with Gasteiger partial charge in [-0.05, 0) is 88.7 Å². The van der Waals surface area contributed by atoms with Crippen LogP contribution in [0.25, 0.3) is 0 Å². The Balaban J connectivity index is 3.12. The van der Waals surface area contributed by atoms with Gasteiger partial charge in [-0.3, -0.25) is 0 Å². The van der Waals surface area contributed by atoms with E-state index in [-0.39, 0.29) is 5.69 Å². The maximum atomic E-state index is 13.8. The van der Waals surface area contributed by atoms with Gasteiger partial charge in [-0.15, -0.1) is 0 Å². The largest absolute Gasteiger partial charge is 0.356 e. The maximum Gasteiger partial charge on any atom is 0.122 e. The van der Waals surface area contributed by atoms with Crippen LogP contribution in [0.2, 0.25) is 0 Å². The average molecular weight is 499 g/mol. The summed E-state index contributed by atoms with van der Waals surface area (Å²) in [6.45, 7) is 21.8. The first-order valence-electron chi connectivity index (χ1n) is 12.3. The second-order valence-electron chi connectivity index (χ2n) is 9.69. The van der Waals surface area contributed by atoms with Crippen molar-refractivity contribution in [2.45, 2.75) is 72.8 Å². The molecule has 0 bridgehead atoms. The number of rotatable bonds is 15. The van der Waals surface area contributed by atoms with Crippen LogP contribution in [0.5, 0.6) is 0 Å². The van der Waals surface area contributed by atoms with Crippen molar-refractivity contribution in [2.24, 2.45) is 0 Å². The van der Waals surface area contributed by atoms with Crippen molar-refractivity contribution >= 4 is 19.0 Å². The van der Waals surface area contributed by atoms with Crippen LogP contribution in [-0.2, 0) is 0 Å². The first kappa shape index (κ1) is 31.4. The Labute approximate surface area is 217 Å². The van der Waals surface area contributed by atoms with E-state index in [1.807, 2.05) is 19.2 Å². The zero-order chi connectivity index (χ0) is 27.5. The summed E-state index contributed by atoms with van der Waals surface area (Å²) >= 11 is 0. The van der Waals surface area contributed by atoms with E-state index in [1.165, 1.54) is 5.57 Å². The smallest absolute Gasteiger partial charge is 0.122 e. The minimum atomic E-state index is -0.821. The van der Waals surface area contributed by atoms with E-state index in [1.54, 1.807) is 6.92 Å². The Bertz CT molecular complexity index is 972. The summed E-state index contributed by atoms with van der Waals surface area (Å²) in [6, 6.07) is 2.29. The third-order valence-corrected chi connectivity index (χ3v) is 6.26. The molecule has 7 heteroatoms. The van der Waals surface area contributed by atoms with Crippen LogP contribution >= 0.6 is 0 Å². The number of anilines is 1. The highest BCUT2D eigenvalue weighted by atomic mass is 19.1. The summed E-state index contributed by atoms with van der Waals surface area (Å²) < 4.78 is 40.3. The van der Waals surface area contributed by atoms with E-state index in [9.17, 15) is 13.2 Å². The summed E-state index contributed by atoms with van der Waals surface area (Å²) in [5, 5.41) is 7.33. The van der Waals surface area contributed by atoms with Crippen molar-refractivity contribution in [1.82, 2.24) is 10.0 Å². The van der Waals surface area contributed by atoms with Crippen LogP contribution in [0, 0.1) is 11.6 Å². The molecule has 0 unspecified atom stereocenters. The number of nitrogens with zero attached hydrogens (tertiary/aromatic N) is 2. The Kier molecular flexibility index (Phi) is 12.9. The van der Waals surface area contributed by atoms with Crippen molar-refractivity contribution < 1.29 is 13.2 Å². The molecule has 0 spiro atoms. The minimum Gasteiger partial charge on any atom is -0.356 e. The third kappa shape index (κ3) is 9.42. The highest BCUT2D eigenvalue weighted by Crippen LogP contribution is 2.28. The van der Waals surface area contributed by atoms with Crippen molar-refractivity contribution in [2.75, 3.05) is 18.4 Å². The number of hydrogen-bond donors (Lipinski definition) is 1. The Morgan fingerprint density at radius 3 is 2.28 bits per heavy atom. The fraction of sp³-hybridized carbons (Fsp3) is 0.448. The SMILES string of the molecule is [B]c1c(F)cc(NC(=C)/C=C(\C)C(C)(C)N(CCCC)N(C=C)C/C(C)=C/CC/C(C)=C/F)cc1F. The van der Waals surface area contributed by atoms with Gasteiger partial charge in [0.1, 0.15) is 19.5 Å². The first-order valence-corrected chi connectivity index (χ1v) is 12.3. The van der Waals surface area contributed by atoms with E-state index in [0.29, 0.717) is 25.0 Å². The highest BCUT2D eigenvalue weighted by Gasteiger charge is 2.31. The fourth-order valence-corrected chi connectivity index (χ4v) is 3.73. The molecule has 0 saturated heterocycles. The van der Waals surface area contributed by atoms with Crippen molar-refractivity contribution in [3.05, 3.63) is 84.0 Å².